The van der Waals surface area contributed by atoms with Gasteiger partial charge in [0.2, 0.25) is 10.0 Å². The Balaban J connectivity index is 3.25. The molecule has 132 valence electrons. The molecule has 23 heavy (non-hydrogen) atoms. The molecule has 0 amide bonds. The number of esters is 1. The minimum absolute atomic E-state index is 0.107. The zero-order valence-electron chi connectivity index (χ0n) is 12.0. The number of hydrogen-bond acceptors (Lipinski definition) is 5. The average molecular weight is 362 g/mol. The highest BCUT2D eigenvalue weighted by atomic mass is 32.2. The third-order valence-electron chi connectivity index (χ3n) is 2.72. The van der Waals surface area contributed by atoms with E-state index in [9.17, 15) is 30.8 Å². The summed E-state index contributed by atoms with van der Waals surface area (Å²) in [6, 6.07) is -2.81. The van der Waals surface area contributed by atoms with Gasteiger partial charge in [-0.1, -0.05) is 0 Å². The van der Waals surface area contributed by atoms with E-state index >= 15 is 0 Å². The van der Waals surface area contributed by atoms with E-state index in [2.05, 4.69) is 4.74 Å². The van der Waals surface area contributed by atoms with E-state index in [1.807, 2.05) is 0 Å². The van der Waals surface area contributed by atoms with E-state index in [0.29, 0.717) is 6.20 Å². The average Bonchev–Trinajstić information content (AvgIpc) is 2.71. The normalized spacial score (nSPS) is 13.9. The molecule has 0 aliphatic heterocycles. The summed E-state index contributed by atoms with van der Waals surface area (Å²) < 4.78 is 81.9. The number of rotatable bonds is 6. The number of aliphatic hydroxyl groups excluding tert-OH is 1. The van der Waals surface area contributed by atoms with E-state index in [4.69, 9.17) is 5.11 Å². The van der Waals surface area contributed by atoms with E-state index < -0.39 is 51.2 Å². The van der Waals surface area contributed by atoms with Crippen molar-refractivity contribution < 1.29 is 40.6 Å². The molecule has 0 unspecified atom stereocenters. The second kappa shape index (κ2) is 6.84. The Morgan fingerprint density at radius 3 is 2.48 bits per heavy atom. The molecule has 1 aromatic heterocycles. The molecule has 0 aromatic carbocycles. The van der Waals surface area contributed by atoms with Crippen LogP contribution in [0.4, 0.5) is 17.6 Å². The summed E-state index contributed by atoms with van der Waals surface area (Å²) >= 11 is 0. The number of carbonyl (C=O) groups is 1. The number of ether oxygens (including phenoxy) is 1. The van der Waals surface area contributed by atoms with E-state index in [1.54, 1.807) is 0 Å². The van der Waals surface area contributed by atoms with Crippen LogP contribution in [0.5, 0.6) is 0 Å². The van der Waals surface area contributed by atoms with E-state index in [1.165, 1.54) is 6.92 Å². The third-order valence-corrected chi connectivity index (χ3v) is 4.18. The molecule has 0 aliphatic rings. The minimum Gasteiger partial charge on any atom is -0.461 e. The number of aliphatic hydroxyl groups is 1. The molecule has 1 atom stereocenters. The van der Waals surface area contributed by atoms with Crippen molar-refractivity contribution >= 4 is 16.0 Å². The van der Waals surface area contributed by atoms with Crippen LogP contribution in [0, 0.1) is 5.82 Å². The first-order chi connectivity index (χ1) is 10.5. The Labute approximate surface area is 128 Å². The molecule has 0 radical (unpaired) electrons. The Kier molecular flexibility index (Phi) is 5.77. The summed E-state index contributed by atoms with van der Waals surface area (Å²) in [7, 11) is -3.84. The highest BCUT2D eigenvalue weighted by molar-refractivity contribution is 7.89. The van der Waals surface area contributed by atoms with Gasteiger partial charge in [-0.15, -0.1) is 0 Å². The number of nitrogens with one attached hydrogen (secondary N) is 1. The molecule has 0 saturated carbocycles. The first-order valence-electron chi connectivity index (χ1n) is 6.17. The van der Waals surface area contributed by atoms with Crippen LogP contribution in [0.1, 0.15) is 17.4 Å². The lowest BCUT2D eigenvalue weighted by molar-refractivity contribution is -0.158. The number of aryl methyl sites for hydroxylation is 1. The Morgan fingerprint density at radius 2 is 2.04 bits per heavy atom. The zero-order valence-corrected chi connectivity index (χ0v) is 12.8. The third kappa shape index (κ3) is 4.20. The lowest BCUT2D eigenvalue weighted by atomic mass is 10.3. The van der Waals surface area contributed by atoms with Crippen LogP contribution >= 0.6 is 0 Å². The largest absolute Gasteiger partial charge is 0.461 e. The van der Waals surface area contributed by atoms with Crippen LogP contribution in [0.25, 0.3) is 0 Å². The fourth-order valence-corrected chi connectivity index (χ4v) is 2.99. The van der Waals surface area contributed by atoms with Gasteiger partial charge in [-0.3, -0.25) is 0 Å². The van der Waals surface area contributed by atoms with Crippen LogP contribution < -0.4 is 4.72 Å². The molecule has 12 heteroatoms. The second-order valence-corrected chi connectivity index (χ2v) is 6.07. The fraction of sp³-hybridized carbons (Fsp3) is 0.545. The van der Waals surface area contributed by atoms with E-state index in [-0.39, 0.29) is 6.61 Å². The first-order valence-corrected chi connectivity index (χ1v) is 7.65. The predicted octanol–water partition coefficient (Wildman–Crippen LogP) is 0.542. The maximum atomic E-state index is 14.1. The highest BCUT2D eigenvalue weighted by Gasteiger charge is 2.43. The Morgan fingerprint density at radius 1 is 1.48 bits per heavy atom. The summed E-state index contributed by atoms with van der Waals surface area (Å²) in [6.07, 6.45) is -4.44. The van der Waals surface area contributed by atoms with Crippen LogP contribution in [0.2, 0.25) is 0 Å². The van der Waals surface area contributed by atoms with Gasteiger partial charge in [-0.2, -0.15) is 17.9 Å². The molecular weight excluding hydrogens is 348 g/mol. The van der Waals surface area contributed by atoms with Crippen molar-refractivity contribution in [2.24, 2.45) is 7.05 Å². The molecule has 7 nitrogen and oxygen atoms in total. The van der Waals surface area contributed by atoms with Crippen molar-refractivity contribution in [3.05, 3.63) is 17.7 Å². The smallest absolute Gasteiger partial charge is 0.407 e. The van der Waals surface area contributed by atoms with Crippen LogP contribution in [-0.4, -0.2) is 49.5 Å². The van der Waals surface area contributed by atoms with Gasteiger partial charge in [0, 0.05) is 13.2 Å². The number of sulfonamides is 1. The molecule has 1 rings (SSSR count). The quantitative estimate of drug-likeness (QED) is 0.569. The maximum Gasteiger partial charge on any atom is 0.407 e. The molecule has 1 aromatic rings. The second-order valence-electron chi connectivity index (χ2n) is 4.39. The van der Waals surface area contributed by atoms with Gasteiger partial charge in [0.15, 0.2) is 11.5 Å². The topological polar surface area (TPSA) is 97.6 Å². The van der Waals surface area contributed by atoms with E-state index in [0.717, 1.165) is 16.3 Å². The van der Waals surface area contributed by atoms with Gasteiger partial charge in [-0.25, -0.2) is 17.6 Å². The van der Waals surface area contributed by atoms with Crippen LogP contribution in [-0.2, 0) is 21.8 Å². The lowest BCUT2D eigenvalue weighted by Gasteiger charge is -2.18. The molecular formula is C11H14F4N2O5S. The number of nitrogens with zero attached hydrogens (tertiary/aromatic N) is 1. The molecule has 0 fully saturated rings. The number of aromatic nitrogens is 1. The van der Waals surface area contributed by atoms with Crippen molar-refractivity contribution in [1.82, 2.24) is 9.29 Å². The van der Waals surface area contributed by atoms with Gasteiger partial charge in [-0.05, 0) is 6.92 Å². The van der Waals surface area contributed by atoms with Crippen molar-refractivity contribution in [3.8, 4) is 0 Å². The number of halogens is 4. The summed E-state index contributed by atoms with van der Waals surface area (Å²) in [5.41, 5.74) is -0.750. The van der Waals surface area contributed by atoms with Gasteiger partial charge in [0.25, 0.3) is 0 Å². The van der Waals surface area contributed by atoms with Crippen molar-refractivity contribution in [3.63, 3.8) is 0 Å². The van der Waals surface area contributed by atoms with Crippen molar-refractivity contribution in [1.29, 1.82) is 0 Å². The summed E-state index contributed by atoms with van der Waals surface area (Å²) in [6.45, 7) is -0.237. The molecule has 0 spiro atoms. The van der Waals surface area contributed by atoms with Crippen LogP contribution in [0.15, 0.2) is 11.1 Å². The SMILES string of the molecule is CCOC(=O)c1c(F)c(S(=O)(=O)N[C@@H](CO)C(F)(F)F)cn1C. The maximum absolute atomic E-state index is 14.1. The Hall–Kier alpha value is -1.66. The predicted molar refractivity (Wildman–Crippen MR) is 68.6 cm³/mol. The van der Waals surface area contributed by atoms with Gasteiger partial charge in [0.05, 0.1) is 13.2 Å². The minimum atomic E-state index is -5.07. The molecule has 0 aliphatic carbocycles. The van der Waals surface area contributed by atoms with Crippen LogP contribution in [0.3, 0.4) is 0 Å². The standard InChI is InChI=1S/C11H14F4N2O5S/c1-3-22-10(19)9-8(12)6(4-17(9)2)23(20,21)16-7(5-18)11(13,14)15/h4,7,16,18H,3,5H2,1-2H3/t7-/m0/s1. The number of carbonyl (C=O) groups excluding carboxylic acids is 1. The van der Waals surface area contributed by atoms with Crippen molar-refractivity contribution in [2.75, 3.05) is 13.2 Å². The number of hydrogen-bond donors (Lipinski definition) is 2. The molecule has 1 heterocycles. The summed E-state index contributed by atoms with van der Waals surface area (Å²) in [5.74, 6) is -2.71. The molecule has 0 saturated heterocycles. The van der Waals surface area contributed by atoms with Gasteiger partial charge >= 0.3 is 12.1 Å². The van der Waals surface area contributed by atoms with Gasteiger partial charge < -0.3 is 14.4 Å². The monoisotopic (exact) mass is 362 g/mol. The summed E-state index contributed by atoms with van der Waals surface area (Å²) in [5, 5.41) is 8.64. The zero-order chi connectivity index (χ0) is 18.0. The molecule has 2 N–H and O–H groups in total. The lowest BCUT2D eigenvalue weighted by Crippen LogP contribution is -2.47. The summed E-state index contributed by atoms with van der Waals surface area (Å²) in [4.78, 5) is 10.4. The first kappa shape index (κ1) is 19.4. The number of alkyl halides is 3. The molecule has 0 bridgehead atoms. The Bertz CT molecular complexity index is 683. The highest BCUT2D eigenvalue weighted by Crippen LogP contribution is 2.25. The fourth-order valence-electron chi connectivity index (χ4n) is 1.65. The van der Waals surface area contributed by atoms with Gasteiger partial charge in [0.1, 0.15) is 10.9 Å². The van der Waals surface area contributed by atoms with Crippen molar-refractivity contribution in [2.45, 2.75) is 24.0 Å².